The highest BCUT2D eigenvalue weighted by atomic mass is 32.1. The summed E-state index contributed by atoms with van der Waals surface area (Å²) in [6.45, 7) is 3.90. The molecule has 0 amide bonds. The molecule has 0 fully saturated rings. The van der Waals surface area contributed by atoms with Crippen molar-refractivity contribution in [1.29, 1.82) is 5.41 Å². The fourth-order valence-electron chi connectivity index (χ4n) is 4.24. The van der Waals surface area contributed by atoms with Crippen molar-refractivity contribution in [1.82, 2.24) is 4.90 Å². The van der Waals surface area contributed by atoms with Gasteiger partial charge < -0.3 is 15.1 Å². The third-order valence-corrected chi connectivity index (χ3v) is 7.24. The lowest BCUT2D eigenvalue weighted by molar-refractivity contribution is -0.138. The number of nitrogens with zero attached hydrogens (tertiary/aromatic N) is 1. The first-order valence-electron chi connectivity index (χ1n) is 12.8. The predicted molar refractivity (Wildman–Crippen MR) is 152 cm³/mol. The lowest BCUT2D eigenvalue weighted by atomic mass is 9.90. The molecule has 0 radical (unpaired) electrons. The number of alkyl halides is 4. The summed E-state index contributed by atoms with van der Waals surface area (Å²) in [6.07, 6.45) is 1.72. The third-order valence-electron chi connectivity index (χ3n) is 6.84. The molecule has 0 aliphatic heterocycles. The van der Waals surface area contributed by atoms with Gasteiger partial charge in [-0.25, -0.2) is 8.78 Å². The summed E-state index contributed by atoms with van der Waals surface area (Å²) in [5.74, 6) is -0.853. The van der Waals surface area contributed by atoms with Gasteiger partial charge in [0.2, 0.25) is 0 Å². The molecule has 40 heavy (non-hydrogen) atoms. The molecule has 0 spiro atoms. The maximum atomic E-state index is 14.4. The fourth-order valence-corrected chi connectivity index (χ4v) is 4.56. The molecule has 0 aliphatic carbocycles. The lowest BCUT2D eigenvalue weighted by Crippen LogP contribution is -2.33. The van der Waals surface area contributed by atoms with Crippen LogP contribution in [0.15, 0.2) is 71.3 Å². The second kappa shape index (κ2) is 14.6. The van der Waals surface area contributed by atoms with Gasteiger partial charge in [0.05, 0.1) is 17.8 Å². The van der Waals surface area contributed by atoms with E-state index in [1.807, 2.05) is 0 Å². The van der Waals surface area contributed by atoms with Gasteiger partial charge in [-0.15, -0.1) is 12.6 Å². The van der Waals surface area contributed by atoms with Crippen LogP contribution in [0.2, 0.25) is 0 Å². The summed E-state index contributed by atoms with van der Waals surface area (Å²) in [5, 5.41) is 29.0. The average Bonchev–Trinajstić information content (AvgIpc) is 2.90. The normalized spacial score (nSPS) is 13.3. The number of allylic oxidation sites excluding steroid dienone is 3. The number of hydrogen-bond acceptors (Lipinski definition) is 4. The minimum Gasteiger partial charge on any atom is -0.392 e. The zero-order valence-electron chi connectivity index (χ0n) is 22.7. The van der Waals surface area contributed by atoms with Gasteiger partial charge in [-0.3, -0.25) is 5.41 Å². The maximum Gasteiger partial charge on any atom is 0.416 e. The number of aliphatic hydroxyl groups is 2. The van der Waals surface area contributed by atoms with Crippen LogP contribution < -0.4 is 0 Å². The van der Waals surface area contributed by atoms with E-state index in [1.54, 1.807) is 26.8 Å². The summed E-state index contributed by atoms with van der Waals surface area (Å²) in [6, 6.07) is 7.68. The number of benzene rings is 2. The molecular weight excluding hydrogens is 547 g/mol. The smallest absolute Gasteiger partial charge is 0.392 e. The van der Waals surface area contributed by atoms with Gasteiger partial charge in [0.15, 0.2) is 0 Å². The van der Waals surface area contributed by atoms with Crippen molar-refractivity contribution in [3.8, 4) is 0 Å². The number of nitrogens with one attached hydrogen (secondary N) is 1. The van der Waals surface area contributed by atoms with Crippen LogP contribution in [-0.4, -0.2) is 39.8 Å². The monoisotopic (exact) mass is 582 g/mol. The molecule has 218 valence electrons. The Hall–Kier alpha value is -2.95. The summed E-state index contributed by atoms with van der Waals surface area (Å²) in [7, 11) is 0. The summed E-state index contributed by atoms with van der Waals surface area (Å²) >= 11 is 4.20. The Balaban J connectivity index is 2.45. The molecule has 0 atom stereocenters. The first-order valence-corrected chi connectivity index (χ1v) is 13.2. The molecule has 0 unspecified atom stereocenters. The Morgan fingerprint density at radius 1 is 1.12 bits per heavy atom. The van der Waals surface area contributed by atoms with Crippen molar-refractivity contribution >= 4 is 24.0 Å². The van der Waals surface area contributed by atoms with Crippen LogP contribution in [0.1, 0.15) is 55.9 Å². The van der Waals surface area contributed by atoms with E-state index < -0.39 is 36.4 Å². The lowest BCUT2D eigenvalue weighted by Gasteiger charge is -2.29. The predicted octanol–water partition coefficient (Wildman–Crippen LogP) is 7.51. The number of rotatable bonds is 12. The van der Waals surface area contributed by atoms with Crippen molar-refractivity contribution < 1.29 is 32.2 Å². The van der Waals surface area contributed by atoms with Crippen LogP contribution in [0.3, 0.4) is 0 Å². The van der Waals surface area contributed by atoms with Crippen molar-refractivity contribution in [2.24, 2.45) is 0 Å². The molecule has 0 aliphatic rings. The first-order chi connectivity index (χ1) is 18.8. The van der Waals surface area contributed by atoms with E-state index in [9.17, 15) is 32.2 Å². The molecule has 4 nitrogen and oxygen atoms in total. The van der Waals surface area contributed by atoms with Crippen LogP contribution in [-0.2, 0) is 19.2 Å². The van der Waals surface area contributed by atoms with Crippen molar-refractivity contribution in [2.45, 2.75) is 63.3 Å². The number of halogens is 5. The van der Waals surface area contributed by atoms with Gasteiger partial charge >= 0.3 is 6.18 Å². The molecule has 2 rings (SSSR count). The highest BCUT2D eigenvalue weighted by Gasteiger charge is 2.33. The van der Waals surface area contributed by atoms with Crippen LogP contribution in [0, 0.1) is 11.2 Å². The minimum absolute atomic E-state index is 0.00241. The molecule has 2 aromatic carbocycles. The molecule has 0 bridgehead atoms. The molecule has 0 heterocycles. The minimum atomic E-state index is -4.59. The van der Waals surface area contributed by atoms with E-state index in [0.29, 0.717) is 29.6 Å². The Kier molecular flexibility index (Phi) is 12.2. The van der Waals surface area contributed by atoms with Gasteiger partial charge in [0, 0.05) is 29.6 Å². The van der Waals surface area contributed by atoms with E-state index >= 15 is 0 Å². The Morgan fingerprint density at radius 3 is 2.33 bits per heavy atom. The van der Waals surface area contributed by atoms with Gasteiger partial charge in [-0.2, -0.15) is 13.2 Å². The Morgan fingerprint density at radius 2 is 1.77 bits per heavy atom. The summed E-state index contributed by atoms with van der Waals surface area (Å²) in [5.41, 5.74) is -0.907. The fraction of sp³-hybridized carbons (Fsp3) is 0.367. The Bertz CT molecular complexity index is 1240. The quantitative estimate of drug-likeness (QED) is 0.0689. The number of thiol groups is 1. The molecule has 2 aromatic rings. The standard InChI is InChI=1S/C30H35F5N2O2S/c1-4-29(39,5-2)20(3)18-37(28(36)17-22-9-6-7-11-25(22)30(33,34)35)14-8-10-21(12-13-31)23-15-26(32)24(19-38)27(40)16-23/h6-12,15-16,18,36,38-40H,4-5,13-14,17,19H2,1-3H3/b10-8-,20-18+,21-12+,36-28?. The van der Waals surface area contributed by atoms with Gasteiger partial charge in [-0.1, -0.05) is 44.2 Å². The van der Waals surface area contributed by atoms with Gasteiger partial charge in [-0.05, 0) is 66.3 Å². The van der Waals surface area contributed by atoms with Crippen molar-refractivity contribution in [2.75, 3.05) is 13.2 Å². The van der Waals surface area contributed by atoms with E-state index in [2.05, 4.69) is 12.6 Å². The molecule has 0 saturated heterocycles. The number of aliphatic hydroxyl groups excluding tert-OH is 1. The van der Waals surface area contributed by atoms with Crippen molar-refractivity contribution in [3.63, 3.8) is 0 Å². The van der Waals surface area contributed by atoms with Gasteiger partial charge in [0.1, 0.15) is 18.3 Å². The molecule has 0 aromatic heterocycles. The van der Waals surface area contributed by atoms with Crippen LogP contribution in [0.4, 0.5) is 22.0 Å². The molecule has 3 N–H and O–H groups in total. The van der Waals surface area contributed by atoms with E-state index in [-0.39, 0.29) is 34.8 Å². The summed E-state index contributed by atoms with van der Waals surface area (Å²) < 4.78 is 68.4. The van der Waals surface area contributed by atoms with Crippen LogP contribution in [0.25, 0.3) is 5.57 Å². The highest BCUT2D eigenvalue weighted by molar-refractivity contribution is 7.80. The molecule has 0 saturated carbocycles. The van der Waals surface area contributed by atoms with Crippen LogP contribution >= 0.6 is 12.6 Å². The molecular formula is C30H35F5N2O2S. The average molecular weight is 583 g/mol. The van der Waals surface area contributed by atoms with E-state index in [0.717, 1.165) is 12.1 Å². The Labute approximate surface area is 237 Å². The maximum absolute atomic E-state index is 14.4. The SMILES string of the molecule is CCC(O)(CC)/C(C)=C/N(C/C=C\C(=C/CF)c1cc(F)c(CO)c(S)c1)C(=N)Cc1ccccc1C(F)(F)F. The van der Waals surface area contributed by atoms with Crippen molar-refractivity contribution in [3.05, 3.63) is 94.5 Å². The third kappa shape index (κ3) is 8.52. The van der Waals surface area contributed by atoms with E-state index in [1.165, 1.54) is 47.5 Å². The van der Waals surface area contributed by atoms with Crippen LogP contribution in [0.5, 0.6) is 0 Å². The molecule has 10 heteroatoms. The number of hydrogen-bond donors (Lipinski definition) is 4. The largest absolute Gasteiger partial charge is 0.416 e. The zero-order valence-corrected chi connectivity index (χ0v) is 23.6. The second-order valence-corrected chi connectivity index (χ2v) is 9.79. The number of amidine groups is 1. The van der Waals surface area contributed by atoms with E-state index in [4.69, 9.17) is 5.41 Å². The first kappa shape index (κ1) is 33.3. The van der Waals surface area contributed by atoms with Gasteiger partial charge in [0.25, 0.3) is 0 Å². The highest BCUT2D eigenvalue weighted by Crippen LogP contribution is 2.32. The topological polar surface area (TPSA) is 67.6 Å². The zero-order chi connectivity index (χ0) is 30.1. The summed E-state index contributed by atoms with van der Waals surface area (Å²) in [4.78, 5) is 1.61. The second-order valence-electron chi connectivity index (χ2n) is 9.31.